The molecule has 0 aliphatic heterocycles. The molecule has 1 saturated carbocycles. The lowest BCUT2D eigenvalue weighted by atomic mass is 9.89. The maximum atomic E-state index is 6.33. The van der Waals surface area contributed by atoms with Crippen molar-refractivity contribution >= 4 is 34.8 Å². The summed E-state index contributed by atoms with van der Waals surface area (Å²) in [5.74, 6) is 0.582. The van der Waals surface area contributed by atoms with Gasteiger partial charge < -0.3 is 5.32 Å². The van der Waals surface area contributed by atoms with Gasteiger partial charge in [0.15, 0.2) is 0 Å². The Morgan fingerprint density at radius 3 is 2.72 bits per heavy atom. The fourth-order valence-electron chi connectivity index (χ4n) is 2.47. The predicted octanol–water partition coefficient (Wildman–Crippen LogP) is 4.88. The lowest BCUT2D eigenvalue weighted by molar-refractivity contribution is 0.348. The Bertz CT molecular complexity index is 395. The number of hydrogen-bond acceptors (Lipinski definition) is 1. The second-order valence-corrected chi connectivity index (χ2v) is 6.25. The van der Waals surface area contributed by atoms with Crippen molar-refractivity contribution in [3.63, 3.8) is 0 Å². The van der Waals surface area contributed by atoms with Crippen molar-refractivity contribution in [2.75, 3.05) is 6.54 Å². The van der Waals surface area contributed by atoms with E-state index in [1.807, 2.05) is 18.2 Å². The van der Waals surface area contributed by atoms with Gasteiger partial charge >= 0.3 is 0 Å². The maximum absolute atomic E-state index is 6.33. The number of benzene rings is 1. The van der Waals surface area contributed by atoms with Crippen LogP contribution in [0.4, 0.5) is 0 Å². The predicted molar refractivity (Wildman–Crippen MR) is 79.8 cm³/mol. The smallest absolute Gasteiger partial charge is 0.0637 e. The van der Waals surface area contributed by atoms with Crippen molar-refractivity contribution in [2.24, 2.45) is 5.92 Å². The van der Waals surface area contributed by atoms with Crippen LogP contribution in [-0.4, -0.2) is 11.9 Å². The molecule has 4 heteroatoms. The van der Waals surface area contributed by atoms with Crippen LogP contribution in [0.1, 0.15) is 31.2 Å². The third-order valence-corrected chi connectivity index (χ3v) is 5.00. The summed E-state index contributed by atoms with van der Waals surface area (Å²) in [6.45, 7) is 1.70. The van der Waals surface area contributed by atoms with E-state index in [1.165, 1.54) is 19.3 Å². The SMILES string of the molecule is Clc1cccc(CNCC2CCCCC2Cl)c1Cl. The van der Waals surface area contributed by atoms with Crippen molar-refractivity contribution in [1.82, 2.24) is 5.32 Å². The van der Waals surface area contributed by atoms with Gasteiger partial charge in [0.05, 0.1) is 10.0 Å². The molecule has 1 fully saturated rings. The molecule has 1 nitrogen and oxygen atoms in total. The highest BCUT2D eigenvalue weighted by Gasteiger charge is 2.22. The van der Waals surface area contributed by atoms with Crippen molar-refractivity contribution < 1.29 is 0 Å². The van der Waals surface area contributed by atoms with E-state index < -0.39 is 0 Å². The molecule has 2 rings (SSSR count). The monoisotopic (exact) mass is 305 g/mol. The zero-order chi connectivity index (χ0) is 13.0. The summed E-state index contributed by atoms with van der Waals surface area (Å²) in [6.07, 6.45) is 4.94. The number of hydrogen-bond donors (Lipinski definition) is 1. The lowest BCUT2D eigenvalue weighted by Crippen LogP contribution is -2.30. The first-order valence-electron chi connectivity index (χ1n) is 6.46. The second-order valence-electron chi connectivity index (χ2n) is 4.90. The molecule has 1 aromatic carbocycles. The normalized spacial score (nSPS) is 24.2. The molecule has 0 amide bonds. The Balaban J connectivity index is 1.83. The summed E-state index contributed by atoms with van der Waals surface area (Å²) in [6, 6.07) is 5.74. The summed E-state index contributed by atoms with van der Waals surface area (Å²) < 4.78 is 0. The number of nitrogens with one attached hydrogen (secondary N) is 1. The van der Waals surface area contributed by atoms with Gasteiger partial charge in [-0.3, -0.25) is 0 Å². The lowest BCUT2D eigenvalue weighted by Gasteiger charge is -2.27. The standard InChI is InChI=1S/C14H18Cl3N/c15-12-6-2-1-4-10(12)8-18-9-11-5-3-7-13(16)14(11)17/h3,5,7,10,12,18H,1-2,4,6,8-9H2. The minimum atomic E-state index is 0.320. The van der Waals surface area contributed by atoms with Gasteiger partial charge in [0.2, 0.25) is 0 Å². The fourth-order valence-corrected chi connectivity index (χ4v) is 3.23. The summed E-state index contributed by atoms with van der Waals surface area (Å²) in [4.78, 5) is 0. The summed E-state index contributed by atoms with van der Waals surface area (Å²) in [5, 5.41) is 5.03. The van der Waals surface area contributed by atoms with Gasteiger partial charge in [-0.1, -0.05) is 48.2 Å². The van der Waals surface area contributed by atoms with E-state index in [4.69, 9.17) is 34.8 Å². The number of alkyl halides is 1. The van der Waals surface area contributed by atoms with Gasteiger partial charge in [-0.15, -0.1) is 11.6 Å². The van der Waals surface area contributed by atoms with Gasteiger partial charge in [0.25, 0.3) is 0 Å². The van der Waals surface area contributed by atoms with Crippen LogP contribution in [-0.2, 0) is 6.54 Å². The molecule has 0 bridgehead atoms. The fraction of sp³-hybridized carbons (Fsp3) is 0.571. The molecule has 0 aromatic heterocycles. The first-order valence-corrected chi connectivity index (χ1v) is 7.65. The molecule has 0 spiro atoms. The molecule has 0 saturated heterocycles. The van der Waals surface area contributed by atoms with Gasteiger partial charge in [0, 0.05) is 11.9 Å². The molecule has 2 atom stereocenters. The van der Waals surface area contributed by atoms with Crippen molar-refractivity contribution in [3.8, 4) is 0 Å². The largest absolute Gasteiger partial charge is 0.312 e. The summed E-state index contributed by atoms with van der Waals surface area (Å²) >= 11 is 18.5. The molecule has 1 aliphatic carbocycles. The third kappa shape index (κ3) is 3.77. The minimum Gasteiger partial charge on any atom is -0.312 e. The van der Waals surface area contributed by atoms with Gasteiger partial charge in [0.1, 0.15) is 0 Å². The van der Waals surface area contributed by atoms with E-state index in [2.05, 4.69) is 5.32 Å². The van der Waals surface area contributed by atoms with Crippen LogP contribution in [0.25, 0.3) is 0 Å². The zero-order valence-corrected chi connectivity index (χ0v) is 12.5. The molecule has 2 unspecified atom stereocenters. The Labute approximate surface area is 124 Å². The summed E-state index contributed by atoms with van der Waals surface area (Å²) in [5.41, 5.74) is 1.05. The van der Waals surface area contributed by atoms with E-state index >= 15 is 0 Å². The summed E-state index contributed by atoms with van der Waals surface area (Å²) in [7, 11) is 0. The molecular weight excluding hydrogens is 289 g/mol. The molecule has 0 radical (unpaired) electrons. The quantitative estimate of drug-likeness (QED) is 0.782. The highest BCUT2D eigenvalue weighted by atomic mass is 35.5. The van der Waals surface area contributed by atoms with Crippen LogP contribution in [0.3, 0.4) is 0 Å². The number of halogens is 3. The van der Waals surface area contributed by atoms with E-state index in [0.29, 0.717) is 21.3 Å². The topological polar surface area (TPSA) is 12.0 Å². The molecule has 100 valence electrons. The van der Waals surface area contributed by atoms with Gasteiger partial charge in [-0.05, 0) is 36.9 Å². The third-order valence-electron chi connectivity index (χ3n) is 3.57. The number of rotatable bonds is 4. The molecule has 1 N–H and O–H groups in total. The van der Waals surface area contributed by atoms with Crippen LogP contribution in [0.2, 0.25) is 10.0 Å². The average molecular weight is 307 g/mol. The second kappa shape index (κ2) is 7.00. The Hall–Kier alpha value is 0.0500. The molecule has 1 aromatic rings. The molecular formula is C14H18Cl3N. The van der Waals surface area contributed by atoms with Crippen LogP contribution in [0.15, 0.2) is 18.2 Å². The average Bonchev–Trinajstić information content (AvgIpc) is 2.37. The van der Waals surface area contributed by atoms with Crippen LogP contribution >= 0.6 is 34.8 Å². The van der Waals surface area contributed by atoms with E-state index in [9.17, 15) is 0 Å². The minimum absolute atomic E-state index is 0.320. The molecule has 18 heavy (non-hydrogen) atoms. The van der Waals surface area contributed by atoms with Crippen LogP contribution in [0.5, 0.6) is 0 Å². The Kier molecular flexibility index (Phi) is 5.62. The first kappa shape index (κ1) is 14.5. The van der Waals surface area contributed by atoms with E-state index in [-0.39, 0.29) is 0 Å². The Morgan fingerprint density at radius 1 is 1.17 bits per heavy atom. The molecule has 0 heterocycles. The van der Waals surface area contributed by atoms with Gasteiger partial charge in [-0.2, -0.15) is 0 Å². The van der Waals surface area contributed by atoms with Crippen LogP contribution in [0, 0.1) is 5.92 Å². The maximum Gasteiger partial charge on any atom is 0.0637 e. The Morgan fingerprint density at radius 2 is 1.94 bits per heavy atom. The zero-order valence-electron chi connectivity index (χ0n) is 10.3. The van der Waals surface area contributed by atoms with Crippen molar-refractivity contribution in [1.29, 1.82) is 0 Å². The highest BCUT2D eigenvalue weighted by molar-refractivity contribution is 6.42. The van der Waals surface area contributed by atoms with E-state index in [1.54, 1.807) is 0 Å². The first-order chi connectivity index (χ1) is 8.68. The van der Waals surface area contributed by atoms with Crippen molar-refractivity contribution in [2.45, 2.75) is 37.6 Å². The van der Waals surface area contributed by atoms with Crippen LogP contribution < -0.4 is 5.32 Å². The van der Waals surface area contributed by atoms with Gasteiger partial charge in [-0.25, -0.2) is 0 Å². The van der Waals surface area contributed by atoms with Crippen molar-refractivity contribution in [3.05, 3.63) is 33.8 Å². The van der Waals surface area contributed by atoms with E-state index in [0.717, 1.165) is 25.1 Å². The highest BCUT2D eigenvalue weighted by Crippen LogP contribution is 2.28. The molecule has 1 aliphatic rings.